The molecule has 2 aromatic rings. The van der Waals surface area contributed by atoms with Gasteiger partial charge in [0.25, 0.3) is 11.8 Å². The predicted molar refractivity (Wildman–Crippen MR) is 90.5 cm³/mol. The van der Waals surface area contributed by atoms with Crippen LogP contribution in [0.15, 0.2) is 53.6 Å². The molecule has 0 atom stereocenters. The van der Waals surface area contributed by atoms with Crippen molar-refractivity contribution in [2.24, 2.45) is 5.10 Å². The Morgan fingerprint density at radius 2 is 1.62 bits per heavy atom. The van der Waals surface area contributed by atoms with Gasteiger partial charge in [0.15, 0.2) is 0 Å². The molecule has 0 unspecified atom stereocenters. The molecule has 0 saturated carbocycles. The standard InChI is InChI=1S/C17H15ClFN3O2/c1-11(12-4-8-15(19)9-5-12)21-22-16(23)10-20-17(24)13-2-6-14(18)7-3-13/h2-9H,10H2,1H3,(H,20,24)(H,22,23)/b21-11-. The minimum atomic E-state index is -0.473. The van der Waals surface area contributed by atoms with Crippen LogP contribution in [-0.4, -0.2) is 24.1 Å². The van der Waals surface area contributed by atoms with Gasteiger partial charge in [-0.1, -0.05) is 23.7 Å². The molecule has 0 spiro atoms. The third-order valence-corrected chi connectivity index (χ3v) is 3.38. The van der Waals surface area contributed by atoms with Crippen LogP contribution in [0.4, 0.5) is 4.39 Å². The minimum Gasteiger partial charge on any atom is -0.343 e. The quantitative estimate of drug-likeness (QED) is 0.645. The number of hydrazone groups is 1. The van der Waals surface area contributed by atoms with Crippen molar-refractivity contribution in [3.8, 4) is 0 Å². The van der Waals surface area contributed by atoms with E-state index in [2.05, 4.69) is 15.8 Å². The van der Waals surface area contributed by atoms with Crippen LogP contribution in [0, 0.1) is 5.82 Å². The maximum absolute atomic E-state index is 12.8. The second-order valence-corrected chi connectivity index (χ2v) is 5.37. The van der Waals surface area contributed by atoms with Crippen LogP contribution < -0.4 is 10.7 Å². The number of halogens is 2. The largest absolute Gasteiger partial charge is 0.343 e. The second-order valence-electron chi connectivity index (χ2n) is 4.93. The number of benzene rings is 2. The zero-order valence-electron chi connectivity index (χ0n) is 12.8. The van der Waals surface area contributed by atoms with Gasteiger partial charge in [-0.3, -0.25) is 9.59 Å². The molecule has 0 fully saturated rings. The van der Waals surface area contributed by atoms with Gasteiger partial charge in [0.1, 0.15) is 5.82 Å². The number of nitrogens with one attached hydrogen (secondary N) is 2. The lowest BCUT2D eigenvalue weighted by molar-refractivity contribution is -0.120. The van der Waals surface area contributed by atoms with Gasteiger partial charge in [-0.2, -0.15) is 5.10 Å². The molecular weight excluding hydrogens is 333 g/mol. The van der Waals surface area contributed by atoms with Crippen LogP contribution in [0.3, 0.4) is 0 Å². The maximum atomic E-state index is 12.8. The molecule has 2 N–H and O–H groups in total. The normalized spacial score (nSPS) is 11.0. The zero-order valence-corrected chi connectivity index (χ0v) is 13.6. The van der Waals surface area contributed by atoms with Crippen LogP contribution in [0.5, 0.6) is 0 Å². The summed E-state index contributed by atoms with van der Waals surface area (Å²) in [5, 5.41) is 6.91. The smallest absolute Gasteiger partial charge is 0.259 e. The van der Waals surface area contributed by atoms with Crippen LogP contribution in [-0.2, 0) is 4.79 Å². The van der Waals surface area contributed by atoms with E-state index in [1.54, 1.807) is 43.3 Å². The third kappa shape index (κ3) is 5.17. The zero-order chi connectivity index (χ0) is 17.5. The Kier molecular flexibility index (Phi) is 6.03. The molecule has 0 bridgehead atoms. The third-order valence-electron chi connectivity index (χ3n) is 3.13. The lowest BCUT2D eigenvalue weighted by atomic mass is 10.1. The SMILES string of the molecule is C/C(=N/NC(=O)CNC(=O)c1ccc(Cl)cc1)c1ccc(F)cc1. The molecule has 2 aromatic carbocycles. The van der Waals surface area contributed by atoms with Crippen molar-refractivity contribution in [2.45, 2.75) is 6.92 Å². The Morgan fingerprint density at radius 1 is 1.04 bits per heavy atom. The van der Waals surface area contributed by atoms with E-state index in [4.69, 9.17) is 11.6 Å². The molecule has 124 valence electrons. The first kappa shape index (κ1) is 17.6. The van der Waals surface area contributed by atoms with Crippen LogP contribution >= 0.6 is 11.6 Å². The van der Waals surface area contributed by atoms with E-state index in [1.807, 2.05) is 0 Å². The monoisotopic (exact) mass is 347 g/mol. The summed E-state index contributed by atoms with van der Waals surface area (Å²) in [6, 6.07) is 12.0. The van der Waals surface area contributed by atoms with Gasteiger partial charge in [-0.25, -0.2) is 9.82 Å². The second kappa shape index (κ2) is 8.21. The summed E-state index contributed by atoms with van der Waals surface area (Å²) in [6.45, 7) is 1.46. The van der Waals surface area contributed by atoms with Gasteiger partial charge >= 0.3 is 0 Å². The molecule has 7 heteroatoms. The summed E-state index contributed by atoms with van der Waals surface area (Å²) in [5.41, 5.74) is 3.94. The molecule has 0 aliphatic heterocycles. The average molecular weight is 348 g/mol. The van der Waals surface area contributed by atoms with E-state index >= 15 is 0 Å². The van der Waals surface area contributed by atoms with Gasteiger partial charge in [0.05, 0.1) is 12.3 Å². The number of nitrogens with zero attached hydrogens (tertiary/aromatic N) is 1. The van der Waals surface area contributed by atoms with Crippen LogP contribution in [0.2, 0.25) is 5.02 Å². The number of hydrogen-bond acceptors (Lipinski definition) is 3. The molecule has 0 aliphatic carbocycles. The molecule has 2 amide bonds. The summed E-state index contributed by atoms with van der Waals surface area (Å²) in [6.07, 6.45) is 0. The van der Waals surface area contributed by atoms with Crippen molar-refractivity contribution >= 4 is 29.1 Å². The first-order valence-electron chi connectivity index (χ1n) is 7.08. The van der Waals surface area contributed by atoms with Gasteiger partial charge in [0.2, 0.25) is 0 Å². The fraction of sp³-hybridized carbons (Fsp3) is 0.118. The highest BCUT2D eigenvalue weighted by Crippen LogP contribution is 2.09. The highest BCUT2D eigenvalue weighted by atomic mass is 35.5. The number of amides is 2. The van der Waals surface area contributed by atoms with Gasteiger partial charge in [-0.05, 0) is 48.9 Å². The minimum absolute atomic E-state index is 0.221. The van der Waals surface area contributed by atoms with Crippen molar-refractivity contribution in [1.29, 1.82) is 0 Å². The fourth-order valence-electron chi connectivity index (χ4n) is 1.81. The van der Waals surface area contributed by atoms with Crippen molar-refractivity contribution in [2.75, 3.05) is 6.54 Å². The van der Waals surface area contributed by atoms with Crippen molar-refractivity contribution in [3.63, 3.8) is 0 Å². The molecule has 24 heavy (non-hydrogen) atoms. The van der Waals surface area contributed by atoms with Gasteiger partial charge in [-0.15, -0.1) is 0 Å². The molecule has 0 heterocycles. The topological polar surface area (TPSA) is 70.6 Å². The van der Waals surface area contributed by atoms with Crippen LogP contribution in [0.25, 0.3) is 0 Å². The van der Waals surface area contributed by atoms with E-state index in [9.17, 15) is 14.0 Å². The van der Waals surface area contributed by atoms with Crippen molar-refractivity contribution in [3.05, 3.63) is 70.5 Å². The van der Waals surface area contributed by atoms with E-state index in [0.717, 1.165) is 0 Å². The Hall–Kier alpha value is -2.73. The molecule has 2 rings (SSSR count). The van der Waals surface area contributed by atoms with Gasteiger partial charge < -0.3 is 5.32 Å². The number of carbonyl (C=O) groups excluding carboxylic acids is 2. The average Bonchev–Trinajstić information content (AvgIpc) is 2.58. The first-order valence-corrected chi connectivity index (χ1v) is 7.46. The molecule has 0 aromatic heterocycles. The molecule has 5 nitrogen and oxygen atoms in total. The summed E-state index contributed by atoms with van der Waals surface area (Å²) in [7, 11) is 0. The van der Waals surface area contributed by atoms with Crippen LogP contribution in [0.1, 0.15) is 22.8 Å². The highest BCUT2D eigenvalue weighted by Gasteiger charge is 2.07. The Labute approximate surface area is 143 Å². The van der Waals surface area contributed by atoms with Crippen molar-refractivity contribution in [1.82, 2.24) is 10.7 Å². The molecule has 0 radical (unpaired) electrons. The predicted octanol–water partition coefficient (Wildman–Crippen LogP) is 2.75. The van der Waals surface area contributed by atoms with E-state index < -0.39 is 5.91 Å². The number of rotatable bonds is 5. The lowest BCUT2D eigenvalue weighted by Crippen LogP contribution is -2.35. The first-order chi connectivity index (χ1) is 11.5. The van der Waals surface area contributed by atoms with E-state index in [0.29, 0.717) is 21.9 Å². The van der Waals surface area contributed by atoms with E-state index in [1.165, 1.54) is 12.1 Å². The number of carbonyl (C=O) groups is 2. The summed E-state index contributed by atoms with van der Waals surface area (Å²) >= 11 is 5.74. The fourth-order valence-corrected chi connectivity index (χ4v) is 1.93. The number of hydrogen-bond donors (Lipinski definition) is 2. The van der Waals surface area contributed by atoms with Gasteiger partial charge in [0, 0.05) is 10.6 Å². The summed E-state index contributed by atoms with van der Waals surface area (Å²) in [5.74, 6) is -1.21. The van der Waals surface area contributed by atoms with Crippen molar-refractivity contribution < 1.29 is 14.0 Å². The van der Waals surface area contributed by atoms with E-state index in [-0.39, 0.29) is 18.3 Å². The summed E-state index contributed by atoms with van der Waals surface area (Å²) < 4.78 is 12.8. The Bertz CT molecular complexity index is 758. The molecule has 0 saturated heterocycles. The molecular formula is C17H15ClFN3O2. The Morgan fingerprint density at radius 3 is 2.25 bits per heavy atom. The lowest BCUT2D eigenvalue weighted by Gasteiger charge is -2.05. The molecule has 0 aliphatic rings. The maximum Gasteiger partial charge on any atom is 0.259 e. The Balaban J connectivity index is 1.84. The summed E-state index contributed by atoms with van der Waals surface area (Å²) in [4.78, 5) is 23.6. The highest BCUT2D eigenvalue weighted by molar-refractivity contribution is 6.30.